The van der Waals surface area contributed by atoms with Crippen LogP contribution >= 0.6 is 0 Å². The topological polar surface area (TPSA) is 29.5 Å². The number of aliphatic hydroxyl groups is 1. The van der Waals surface area contributed by atoms with Crippen molar-refractivity contribution in [3.63, 3.8) is 0 Å². The van der Waals surface area contributed by atoms with E-state index in [1.54, 1.807) is 19.1 Å². The van der Waals surface area contributed by atoms with Crippen LogP contribution in [0.25, 0.3) is 0 Å². The predicted molar refractivity (Wildman–Crippen MR) is 138 cm³/mol. The molecule has 0 spiro atoms. The summed E-state index contributed by atoms with van der Waals surface area (Å²) < 4.78 is 63.9. The first-order valence-corrected chi connectivity index (χ1v) is 13.0. The van der Waals surface area contributed by atoms with E-state index in [1.165, 1.54) is 18.2 Å². The van der Waals surface area contributed by atoms with Crippen LogP contribution < -0.4 is 4.74 Å². The average molecular weight is 515 g/mol. The maximum Gasteiger partial charge on any atom is 0.200 e. The Morgan fingerprint density at radius 1 is 0.946 bits per heavy atom. The minimum atomic E-state index is -1.01. The lowest BCUT2D eigenvalue weighted by atomic mass is 9.76. The summed E-state index contributed by atoms with van der Waals surface area (Å²) in [4.78, 5) is 0. The van der Waals surface area contributed by atoms with Gasteiger partial charge in [-0.05, 0) is 86.5 Å². The predicted octanol–water partition coefficient (Wildman–Crippen LogP) is 8.07. The van der Waals surface area contributed by atoms with Crippen molar-refractivity contribution >= 4 is 0 Å². The van der Waals surface area contributed by atoms with Crippen LogP contribution in [-0.4, -0.2) is 17.8 Å². The van der Waals surface area contributed by atoms with Gasteiger partial charge in [-0.15, -0.1) is 0 Å². The summed E-state index contributed by atoms with van der Waals surface area (Å²) in [6.45, 7) is 5.37. The van der Waals surface area contributed by atoms with Gasteiger partial charge in [-0.25, -0.2) is 13.2 Å². The van der Waals surface area contributed by atoms with E-state index in [0.717, 1.165) is 31.3 Å². The van der Waals surface area contributed by atoms with Gasteiger partial charge in [-0.3, -0.25) is 0 Å². The Morgan fingerprint density at radius 2 is 1.65 bits per heavy atom. The SMILES string of the molecule is C=CCOc1ccc(CCC2=CCC(c3ccc(C4CCC(C(C)O)CC4)c(F)c3F)C=C2)c(F)c1F. The minimum absolute atomic E-state index is 0.0280. The molecule has 2 aromatic rings. The lowest BCUT2D eigenvalue weighted by molar-refractivity contribution is 0.0963. The normalized spacial score (nSPS) is 22.4. The number of hydrogen-bond acceptors (Lipinski definition) is 2. The molecule has 0 radical (unpaired) electrons. The third-order valence-corrected chi connectivity index (χ3v) is 7.78. The molecular weight excluding hydrogens is 480 g/mol. The summed E-state index contributed by atoms with van der Waals surface area (Å²) >= 11 is 0. The highest BCUT2D eigenvalue weighted by Crippen LogP contribution is 2.40. The first-order chi connectivity index (χ1) is 17.8. The van der Waals surface area contributed by atoms with Gasteiger partial charge in [0.2, 0.25) is 5.82 Å². The van der Waals surface area contributed by atoms with Gasteiger partial charge in [0.15, 0.2) is 23.2 Å². The molecule has 2 aromatic carbocycles. The molecule has 2 aliphatic rings. The molecular formula is C31H34F4O2. The van der Waals surface area contributed by atoms with Crippen LogP contribution in [0.3, 0.4) is 0 Å². The van der Waals surface area contributed by atoms with Crippen LogP contribution in [0.5, 0.6) is 5.75 Å². The van der Waals surface area contributed by atoms with E-state index < -0.39 is 23.3 Å². The molecule has 4 rings (SSSR count). The van der Waals surface area contributed by atoms with Crippen molar-refractivity contribution in [2.24, 2.45) is 5.92 Å². The van der Waals surface area contributed by atoms with E-state index in [-0.39, 0.29) is 41.8 Å². The molecule has 2 atom stereocenters. The number of aliphatic hydroxyl groups excluding tert-OH is 1. The Hall–Kier alpha value is -2.86. The summed E-state index contributed by atoms with van der Waals surface area (Å²) in [6.07, 6.45) is 11.2. The molecule has 0 heterocycles. The van der Waals surface area contributed by atoms with Gasteiger partial charge in [0.05, 0.1) is 6.10 Å². The van der Waals surface area contributed by atoms with Crippen LogP contribution in [0, 0.1) is 29.2 Å². The maximum atomic E-state index is 15.1. The fraction of sp³-hybridized carbons (Fsp3) is 0.419. The Balaban J connectivity index is 1.37. The summed E-state index contributed by atoms with van der Waals surface area (Å²) in [6, 6.07) is 6.34. The van der Waals surface area contributed by atoms with E-state index in [4.69, 9.17) is 4.74 Å². The standard InChI is InChI=1S/C31H34F4O2/c1-3-18-37-27-17-14-24(28(32)31(27)35)9-6-20-4-7-22(8-5-20)25-15-16-26(30(34)29(25)33)23-12-10-21(11-13-23)19(2)36/h3-5,7,14-17,19,21-23,36H,1,6,8-13,18H2,2H3. The van der Waals surface area contributed by atoms with Crippen molar-refractivity contribution in [3.05, 3.63) is 101 Å². The van der Waals surface area contributed by atoms with Gasteiger partial charge in [0.25, 0.3) is 0 Å². The molecule has 0 aromatic heterocycles. The van der Waals surface area contributed by atoms with Crippen molar-refractivity contribution in [1.82, 2.24) is 0 Å². The first kappa shape index (κ1) is 27.2. The second kappa shape index (κ2) is 12.1. The number of aryl methyl sites for hydroxylation is 1. The number of ether oxygens (including phenoxy) is 1. The molecule has 6 heteroatoms. The maximum absolute atomic E-state index is 15.1. The second-order valence-electron chi connectivity index (χ2n) is 10.2. The zero-order valence-corrected chi connectivity index (χ0v) is 21.2. The Labute approximate surface area is 216 Å². The molecule has 2 aliphatic carbocycles. The van der Waals surface area contributed by atoms with Crippen molar-refractivity contribution in [2.75, 3.05) is 6.61 Å². The third kappa shape index (κ3) is 6.18. The molecule has 1 saturated carbocycles. The van der Waals surface area contributed by atoms with Crippen LogP contribution in [-0.2, 0) is 6.42 Å². The smallest absolute Gasteiger partial charge is 0.200 e. The number of benzene rings is 2. The molecule has 1 N–H and O–H groups in total. The summed E-state index contributed by atoms with van der Waals surface area (Å²) in [5.74, 6) is -3.72. The summed E-state index contributed by atoms with van der Waals surface area (Å²) in [5.41, 5.74) is 1.95. The zero-order valence-electron chi connectivity index (χ0n) is 21.2. The lowest BCUT2D eigenvalue weighted by Crippen LogP contribution is -2.23. The molecule has 2 unspecified atom stereocenters. The van der Waals surface area contributed by atoms with Crippen molar-refractivity contribution in [3.8, 4) is 5.75 Å². The number of allylic oxidation sites excluding steroid dienone is 4. The van der Waals surface area contributed by atoms with E-state index in [2.05, 4.69) is 6.58 Å². The van der Waals surface area contributed by atoms with E-state index >= 15 is 8.78 Å². The minimum Gasteiger partial charge on any atom is -0.486 e. The van der Waals surface area contributed by atoms with Gasteiger partial charge < -0.3 is 9.84 Å². The van der Waals surface area contributed by atoms with Crippen LogP contribution in [0.1, 0.15) is 74.0 Å². The Morgan fingerprint density at radius 3 is 2.30 bits per heavy atom. The van der Waals surface area contributed by atoms with Gasteiger partial charge in [-0.1, -0.05) is 54.7 Å². The molecule has 0 amide bonds. The summed E-state index contributed by atoms with van der Waals surface area (Å²) in [7, 11) is 0. The molecule has 2 nitrogen and oxygen atoms in total. The highest BCUT2D eigenvalue weighted by molar-refractivity contribution is 5.38. The van der Waals surface area contributed by atoms with Gasteiger partial charge in [-0.2, -0.15) is 4.39 Å². The van der Waals surface area contributed by atoms with Crippen molar-refractivity contribution < 1.29 is 27.4 Å². The van der Waals surface area contributed by atoms with Crippen LogP contribution in [0.2, 0.25) is 0 Å². The molecule has 0 bridgehead atoms. The first-order valence-electron chi connectivity index (χ1n) is 13.0. The Bertz CT molecular complexity index is 1180. The highest BCUT2D eigenvalue weighted by atomic mass is 19.2. The quantitative estimate of drug-likeness (QED) is 0.271. The van der Waals surface area contributed by atoms with E-state index in [0.29, 0.717) is 30.4 Å². The largest absolute Gasteiger partial charge is 0.486 e. The van der Waals surface area contributed by atoms with Gasteiger partial charge >= 0.3 is 0 Å². The average Bonchev–Trinajstić information content (AvgIpc) is 2.91. The molecule has 0 aliphatic heterocycles. The fourth-order valence-electron chi connectivity index (χ4n) is 5.48. The number of halogens is 4. The summed E-state index contributed by atoms with van der Waals surface area (Å²) in [5, 5.41) is 9.80. The Kier molecular flexibility index (Phi) is 8.91. The monoisotopic (exact) mass is 514 g/mol. The lowest BCUT2D eigenvalue weighted by Gasteiger charge is -2.31. The second-order valence-corrected chi connectivity index (χ2v) is 10.2. The third-order valence-electron chi connectivity index (χ3n) is 7.78. The molecule has 37 heavy (non-hydrogen) atoms. The van der Waals surface area contributed by atoms with E-state index in [9.17, 15) is 13.9 Å². The zero-order chi connectivity index (χ0) is 26.5. The number of hydrogen-bond donors (Lipinski definition) is 1. The van der Waals surface area contributed by atoms with Crippen LogP contribution in [0.15, 0.2) is 60.7 Å². The van der Waals surface area contributed by atoms with Crippen LogP contribution in [0.4, 0.5) is 17.6 Å². The van der Waals surface area contributed by atoms with Crippen molar-refractivity contribution in [2.45, 2.75) is 69.8 Å². The van der Waals surface area contributed by atoms with Crippen molar-refractivity contribution in [1.29, 1.82) is 0 Å². The molecule has 0 saturated heterocycles. The highest BCUT2D eigenvalue weighted by Gasteiger charge is 2.29. The van der Waals surface area contributed by atoms with Gasteiger partial charge in [0.1, 0.15) is 6.61 Å². The molecule has 198 valence electrons. The molecule has 1 fully saturated rings. The fourth-order valence-corrected chi connectivity index (χ4v) is 5.48. The van der Waals surface area contributed by atoms with E-state index in [1.807, 2.05) is 18.2 Å². The number of rotatable bonds is 9. The van der Waals surface area contributed by atoms with Gasteiger partial charge in [0, 0.05) is 5.92 Å².